The third-order valence-electron chi connectivity index (χ3n) is 3.57. The van der Waals surface area contributed by atoms with E-state index in [0.717, 1.165) is 45.6 Å². The third kappa shape index (κ3) is 4.96. The van der Waals surface area contributed by atoms with Gasteiger partial charge in [0.25, 0.3) is 0 Å². The van der Waals surface area contributed by atoms with Crippen LogP contribution in [0.4, 0.5) is 0 Å². The predicted molar refractivity (Wildman–Crippen MR) is 68.2 cm³/mol. The summed E-state index contributed by atoms with van der Waals surface area (Å²) < 4.78 is 0. The van der Waals surface area contributed by atoms with Crippen LogP contribution in [0.3, 0.4) is 0 Å². The molecule has 0 aromatic heterocycles. The standard InChI is InChI=1S/C12H29N3/c1-5-12(6-2,11-13)14-9-10-15(7-3)8-4/h14H,5-11,13H2,1-4H3. The number of rotatable bonds is 9. The maximum Gasteiger partial charge on any atom is 0.0299 e. The van der Waals surface area contributed by atoms with Gasteiger partial charge in [-0.3, -0.25) is 0 Å². The van der Waals surface area contributed by atoms with Crippen LogP contribution in [-0.2, 0) is 0 Å². The second-order valence-corrected chi connectivity index (χ2v) is 4.15. The topological polar surface area (TPSA) is 41.3 Å². The van der Waals surface area contributed by atoms with E-state index >= 15 is 0 Å². The fourth-order valence-corrected chi connectivity index (χ4v) is 1.88. The van der Waals surface area contributed by atoms with E-state index in [-0.39, 0.29) is 5.54 Å². The van der Waals surface area contributed by atoms with Gasteiger partial charge in [0.15, 0.2) is 0 Å². The average molecular weight is 215 g/mol. The first-order valence-electron chi connectivity index (χ1n) is 6.35. The lowest BCUT2D eigenvalue weighted by Crippen LogP contribution is -2.52. The van der Waals surface area contributed by atoms with Gasteiger partial charge in [-0.05, 0) is 25.9 Å². The van der Waals surface area contributed by atoms with Crippen molar-refractivity contribution in [2.45, 2.75) is 46.1 Å². The summed E-state index contributed by atoms with van der Waals surface area (Å²) in [4.78, 5) is 2.43. The molecule has 92 valence electrons. The highest BCUT2D eigenvalue weighted by atomic mass is 15.1. The van der Waals surface area contributed by atoms with Gasteiger partial charge < -0.3 is 16.0 Å². The van der Waals surface area contributed by atoms with Crippen molar-refractivity contribution in [2.24, 2.45) is 5.73 Å². The maximum atomic E-state index is 5.83. The van der Waals surface area contributed by atoms with Gasteiger partial charge in [0.05, 0.1) is 0 Å². The Bertz CT molecular complexity index is 132. The summed E-state index contributed by atoms with van der Waals surface area (Å²) in [6.07, 6.45) is 2.22. The summed E-state index contributed by atoms with van der Waals surface area (Å²) in [5.41, 5.74) is 5.99. The second-order valence-electron chi connectivity index (χ2n) is 4.15. The van der Waals surface area contributed by atoms with Crippen molar-refractivity contribution in [2.75, 3.05) is 32.7 Å². The van der Waals surface area contributed by atoms with Gasteiger partial charge in [-0.1, -0.05) is 27.7 Å². The van der Waals surface area contributed by atoms with Crippen LogP contribution in [0.1, 0.15) is 40.5 Å². The summed E-state index contributed by atoms with van der Waals surface area (Å²) >= 11 is 0. The SMILES string of the molecule is CCN(CC)CCNC(CC)(CC)CN. The molecule has 0 unspecified atom stereocenters. The van der Waals surface area contributed by atoms with E-state index in [0.29, 0.717) is 0 Å². The molecule has 0 bridgehead atoms. The fourth-order valence-electron chi connectivity index (χ4n) is 1.88. The number of hydrogen-bond acceptors (Lipinski definition) is 3. The van der Waals surface area contributed by atoms with Crippen LogP contribution in [0.25, 0.3) is 0 Å². The molecule has 0 aliphatic heterocycles. The molecule has 0 atom stereocenters. The van der Waals surface area contributed by atoms with Crippen molar-refractivity contribution >= 4 is 0 Å². The lowest BCUT2D eigenvalue weighted by atomic mass is 9.93. The third-order valence-corrected chi connectivity index (χ3v) is 3.57. The molecule has 0 aliphatic carbocycles. The van der Waals surface area contributed by atoms with E-state index in [4.69, 9.17) is 5.73 Å². The van der Waals surface area contributed by atoms with Crippen molar-refractivity contribution in [3.8, 4) is 0 Å². The molecule has 0 aromatic rings. The highest BCUT2D eigenvalue weighted by Gasteiger charge is 2.22. The quantitative estimate of drug-likeness (QED) is 0.611. The first-order chi connectivity index (χ1) is 7.17. The lowest BCUT2D eigenvalue weighted by Gasteiger charge is -2.32. The zero-order chi connectivity index (χ0) is 11.7. The normalized spacial score (nSPS) is 12.4. The monoisotopic (exact) mass is 215 g/mol. The largest absolute Gasteiger partial charge is 0.329 e. The Kier molecular flexibility index (Phi) is 8.02. The van der Waals surface area contributed by atoms with Gasteiger partial charge in [-0.25, -0.2) is 0 Å². The van der Waals surface area contributed by atoms with Gasteiger partial charge >= 0.3 is 0 Å². The van der Waals surface area contributed by atoms with Gasteiger partial charge in [-0.2, -0.15) is 0 Å². The molecule has 0 saturated heterocycles. The van der Waals surface area contributed by atoms with Crippen LogP contribution >= 0.6 is 0 Å². The van der Waals surface area contributed by atoms with Crippen molar-refractivity contribution < 1.29 is 0 Å². The molecule has 0 saturated carbocycles. The molecule has 0 radical (unpaired) electrons. The Labute approximate surface area is 95.4 Å². The number of nitrogens with zero attached hydrogens (tertiary/aromatic N) is 1. The van der Waals surface area contributed by atoms with E-state index in [1.807, 2.05) is 0 Å². The minimum atomic E-state index is 0.160. The van der Waals surface area contributed by atoms with E-state index in [2.05, 4.69) is 37.9 Å². The Balaban J connectivity index is 3.89. The molecule has 0 amide bonds. The minimum absolute atomic E-state index is 0.160. The highest BCUT2D eigenvalue weighted by Crippen LogP contribution is 2.12. The molecule has 3 heteroatoms. The second kappa shape index (κ2) is 8.08. The molecule has 0 fully saturated rings. The minimum Gasteiger partial charge on any atom is -0.329 e. The molecular weight excluding hydrogens is 186 g/mol. The smallest absolute Gasteiger partial charge is 0.0299 e. The van der Waals surface area contributed by atoms with Gasteiger partial charge in [-0.15, -0.1) is 0 Å². The van der Waals surface area contributed by atoms with Crippen molar-refractivity contribution in [3.63, 3.8) is 0 Å². The van der Waals surface area contributed by atoms with Crippen molar-refractivity contribution in [3.05, 3.63) is 0 Å². The molecule has 0 aromatic carbocycles. The van der Waals surface area contributed by atoms with Crippen LogP contribution < -0.4 is 11.1 Å². The summed E-state index contributed by atoms with van der Waals surface area (Å²) in [6, 6.07) is 0. The molecule has 0 rings (SSSR count). The number of nitrogens with two attached hydrogens (primary N) is 1. The van der Waals surface area contributed by atoms with Gasteiger partial charge in [0.2, 0.25) is 0 Å². The summed E-state index contributed by atoms with van der Waals surface area (Å²) in [7, 11) is 0. The average Bonchev–Trinajstić information content (AvgIpc) is 2.31. The molecule has 3 nitrogen and oxygen atoms in total. The van der Waals surface area contributed by atoms with E-state index in [1.165, 1.54) is 0 Å². The Morgan fingerprint density at radius 2 is 1.60 bits per heavy atom. The van der Waals surface area contributed by atoms with Crippen molar-refractivity contribution in [1.29, 1.82) is 0 Å². The first kappa shape index (κ1) is 14.9. The highest BCUT2D eigenvalue weighted by molar-refractivity contribution is 4.86. The molecule has 15 heavy (non-hydrogen) atoms. The number of hydrogen-bond donors (Lipinski definition) is 2. The van der Waals surface area contributed by atoms with Crippen molar-refractivity contribution in [1.82, 2.24) is 10.2 Å². The fraction of sp³-hybridized carbons (Fsp3) is 1.00. The van der Waals surface area contributed by atoms with Crippen LogP contribution in [0, 0.1) is 0 Å². The predicted octanol–water partition coefficient (Wildman–Crippen LogP) is 1.44. The Hall–Kier alpha value is -0.120. The molecule has 3 N–H and O–H groups in total. The van der Waals surface area contributed by atoms with E-state index in [1.54, 1.807) is 0 Å². The summed E-state index contributed by atoms with van der Waals surface area (Å²) in [5, 5.41) is 3.61. The molecular formula is C12H29N3. The Morgan fingerprint density at radius 3 is 1.93 bits per heavy atom. The number of nitrogens with one attached hydrogen (secondary N) is 1. The zero-order valence-corrected chi connectivity index (χ0v) is 11.0. The Morgan fingerprint density at radius 1 is 1.07 bits per heavy atom. The van der Waals surface area contributed by atoms with Crippen LogP contribution in [0.15, 0.2) is 0 Å². The first-order valence-corrected chi connectivity index (χ1v) is 6.35. The molecule has 0 heterocycles. The van der Waals surface area contributed by atoms with Crippen LogP contribution in [0.2, 0.25) is 0 Å². The van der Waals surface area contributed by atoms with Gasteiger partial charge in [0.1, 0.15) is 0 Å². The summed E-state index contributed by atoms with van der Waals surface area (Å²) in [5.74, 6) is 0. The molecule has 0 aliphatic rings. The van der Waals surface area contributed by atoms with Crippen LogP contribution in [0.5, 0.6) is 0 Å². The van der Waals surface area contributed by atoms with Crippen LogP contribution in [-0.4, -0.2) is 43.2 Å². The van der Waals surface area contributed by atoms with E-state index in [9.17, 15) is 0 Å². The summed E-state index contributed by atoms with van der Waals surface area (Å²) in [6.45, 7) is 14.0. The lowest BCUT2D eigenvalue weighted by molar-refractivity contribution is 0.258. The molecule has 0 spiro atoms. The van der Waals surface area contributed by atoms with E-state index < -0.39 is 0 Å². The van der Waals surface area contributed by atoms with Gasteiger partial charge in [0, 0.05) is 25.2 Å². The maximum absolute atomic E-state index is 5.83. The number of likely N-dealkylation sites (N-methyl/N-ethyl adjacent to an activating group) is 1. The zero-order valence-electron chi connectivity index (χ0n) is 11.0.